The third kappa shape index (κ3) is 2.41. The number of amides is 1. The number of carbonyl (C=O) groups is 1. The quantitative estimate of drug-likeness (QED) is 0.707. The van der Waals surface area contributed by atoms with Gasteiger partial charge in [-0.2, -0.15) is 5.10 Å². The molecular formula is C18H18ClN5O2. The highest BCUT2D eigenvalue weighted by molar-refractivity contribution is 6.29. The summed E-state index contributed by atoms with van der Waals surface area (Å²) in [4.78, 5) is 19.5. The molecule has 8 heteroatoms. The first kappa shape index (κ1) is 15.8. The van der Waals surface area contributed by atoms with Gasteiger partial charge >= 0.3 is 0 Å². The van der Waals surface area contributed by atoms with Crippen molar-refractivity contribution in [3.05, 3.63) is 46.2 Å². The molecule has 5 rings (SSSR count). The number of fused-ring (bicyclic) bond motifs is 6. The van der Waals surface area contributed by atoms with Crippen molar-refractivity contribution >= 4 is 23.2 Å². The number of carbonyl (C=O) groups excluding carboxylic acids is 1. The molecule has 5 heterocycles. The Hall–Kier alpha value is -2.41. The van der Waals surface area contributed by atoms with Gasteiger partial charge in [0.1, 0.15) is 5.76 Å². The van der Waals surface area contributed by atoms with E-state index in [1.165, 1.54) is 5.69 Å². The molecule has 134 valence electrons. The summed E-state index contributed by atoms with van der Waals surface area (Å²) in [5.74, 6) is 0.788. The third-order valence-corrected chi connectivity index (χ3v) is 5.61. The topological polar surface area (TPSA) is 76.5 Å². The van der Waals surface area contributed by atoms with Crippen molar-refractivity contribution in [3.8, 4) is 0 Å². The van der Waals surface area contributed by atoms with Gasteiger partial charge in [0.25, 0.3) is 0 Å². The Morgan fingerprint density at radius 3 is 3.08 bits per heavy atom. The van der Waals surface area contributed by atoms with Crippen molar-refractivity contribution in [1.29, 1.82) is 0 Å². The van der Waals surface area contributed by atoms with Gasteiger partial charge in [-0.3, -0.25) is 4.79 Å². The molecule has 0 saturated carbocycles. The van der Waals surface area contributed by atoms with Gasteiger partial charge in [0.2, 0.25) is 5.91 Å². The lowest BCUT2D eigenvalue weighted by Gasteiger charge is -2.36. The Balaban J connectivity index is 1.42. The predicted octanol–water partition coefficient (Wildman–Crippen LogP) is 2.90. The van der Waals surface area contributed by atoms with Crippen LogP contribution in [0.4, 0.5) is 0 Å². The normalized spacial score (nSPS) is 21.4. The Bertz CT molecular complexity index is 1010. The molecule has 2 aliphatic heterocycles. The molecule has 2 aliphatic rings. The highest BCUT2D eigenvalue weighted by Crippen LogP contribution is 2.43. The summed E-state index contributed by atoms with van der Waals surface area (Å²) in [6, 6.07) is 3.97. The fourth-order valence-corrected chi connectivity index (χ4v) is 4.50. The first-order valence-electron chi connectivity index (χ1n) is 8.86. The first-order chi connectivity index (χ1) is 12.6. The van der Waals surface area contributed by atoms with Gasteiger partial charge in [0.05, 0.1) is 17.4 Å². The number of aryl methyl sites for hydroxylation is 2. The lowest BCUT2D eigenvalue weighted by atomic mass is 9.98. The molecule has 2 atom stereocenters. The van der Waals surface area contributed by atoms with Gasteiger partial charge in [-0.05, 0) is 19.8 Å². The Morgan fingerprint density at radius 1 is 1.38 bits per heavy atom. The van der Waals surface area contributed by atoms with E-state index in [0.717, 1.165) is 36.2 Å². The molecule has 2 bridgehead atoms. The molecular weight excluding hydrogens is 354 g/mol. The highest BCUT2D eigenvalue weighted by atomic mass is 35.5. The average Bonchev–Trinajstić information content (AvgIpc) is 3.29. The second-order valence-corrected chi connectivity index (χ2v) is 7.47. The van der Waals surface area contributed by atoms with Gasteiger partial charge < -0.3 is 9.42 Å². The van der Waals surface area contributed by atoms with E-state index >= 15 is 0 Å². The van der Waals surface area contributed by atoms with Gasteiger partial charge in [-0.15, -0.1) is 0 Å². The number of aromatic nitrogens is 4. The standard InChI is InChI=1S/C18H18ClN5O2/c1-10-6-17-20-9-13-14-4-2-11(7-15(13)24(17)21-10)23(14)18(25)5-3-12-8-16(19)22-26-12/h6,8-9,11,14H,2-5,7H2,1H3/t11-,14+/m0/s1. The van der Waals surface area contributed by atoms with Crippen molar-refractivity contribution in [1.82, 2.24) is 24.7 Å². The molecule has 3 aromatic heterocycles. The minimum Gasteiger partial charge on any atom is -0.360 e. The molecule has 0 aromatic carbocycles. The predicted molar refractivity (Wildman–Crippen MR) is 93.9 cm³/mol. The van der Waals surface area contributed by atoms with Crippen LogP contribution in [0.2, 0.25) is 5.15 Å². The van der Waals surface area contributed by atoms with Gasteiger partial charge in [-0.25, -0.2) is 9.50 Å². The van der Waals surface area contributed by atoms with E-state index in [1.807, 2.05) is 28.6 Å². The summed E-state index contributed by atoms with van der Waals surface area (Å²) in [7, 11) is 0. The zero-order valence-corrected chi connectivity index (χ0v) is 15.1. The van der Waals surface area contributed by atoms with Gasteiger partial charge in [0.15, 0.2) is 10.8 Å². The summed E-state index contributed by atoms with van der Waals surface area (Å²) in [6.07, 6.45) is 5.65. The Kier molecular flexibility index (Phi) is 3.53. The molecule has 0 radical (unpaired) electrons. The van der Waals surface area contributed by atoms with Crippen molar-refractivity contribution in [3.63, 3.8) is 0 Å². The lowest BCUT2D eigenvalue weighted by Crippen LogP contribution is -2.42. The van der Waals surface area contributed by atoms with Crippen LogP contribution < -0.4 is 0 Å². The average molecular weight is 372 g/mol. The van der Waals surface area contributed by atoms with Crippen molar-refractivity contribution in [2.24, 2.45) is 0 Å². The lowest BCUT2D eigenvalue weighted by molar-refractivity contribution is -0.134. The highest BCUT2D eigenvalue weighted by Gasteiger charge is 2.43. The van der Waals surface area contributed by atoms with Crippen LogP contribution >= 0.6 is 11.6 Å². The van der Waals surface area contributed by atoms with Crippen LogP contribution in [0, 0.1) is 6.92 Å². The minimum atomic E-state index is 0.0935. The van der Waals surface area contributed by atoms with Crippen LogP contribution in [0.25, 0.3) is 5.65 Å². The van der Waals surface area contributed by atoms with Crippen LogP contribution in [-0.4, -0.2) is 36.6 Å². The molecule has 1 saturated heterocycles. The number of hydrogen-bond acceptors (Lipinski definition) is 5. The molecule has 0 N–H and O–H groups in total. The minimum absolute atomic E-state index is 0.0935. The summed E-state index contributed by atoms with van der Waals surface area (Å²) < 4.78 is 7.06. The van der Waals surface area contributed by atoms with E-state index in [-0.39, 0.29) is 18.0 Å². The van der Waals surface area contributed by atoms with Crippen LogP contribution in [0.15, 0.2) is 22.9 Å². The van der Waals surface area contributed by atoms with Gasteiger partial charge in [0, 0.05) is 49.2 Å². The zero-order valence-electron chi connectivity index (χ0n) is 14.4. The van der Waals surface area contributed by atoms with E-state index in [9.17, 15) is 4.79 Å². The Morgan fingerprint density at radius 2 is 2.27 bits per heavy atom. The van der Waals surface area contributed by atoms with E-state index in [1.54, 1.807) is 6.07 Å². The smallest absolute Gasteiger partial charge is 0.223 e. The molecule has 1 amide bonds. The SMILES string of the molecule is Cc1cc2ncc3c(n2n1)C[C@@H]1CC[C@H]3N1C(=O)CCc1cc(Cl)no1. The number of nitrogens with zero attached hydrogens (tertiary/aromatic N) is 5. The maximum Gasteiger partial charge on any atom is 0.223 e. The fourth-order valence-electron chi connectivity index (χ4n) is 4.35. The van der Waals surface area contributed by atoms with E-state index in [2.05, 4.69) is 15.2 Å². The second-order valence-electron chi connectivity index (χ2n) is 7.08. The maximum absolute atomic E-state index is 12.9. The van der Waals surface area contributed by atoms with Crippen LogP contribution in [0.5, 0.6) is 0 Å². The largest absolute Gasteiger partial charge is 0.360 e. The Labute approximate surface area is 154 Å². The van der Waals surface area contributed by atoms with E-state index < -0.39 is 0 Å². The summed E-state index contributed by atoms with van der Waals surface area (Å²) in [5, 5.41) is 8.57. The van der Waals surface area contributed by atoms with Crippen LogP contribution in [0.3, 0.4) is 0 Å². The fraction of sp³-hybridized carbons (Fsp3) is 0.444. The van der Waals surface area contributed by atoms with E-state index in [4.69, 9.17) is 16.1 Å². The van der Waals surface area contributed by atoms with E-state index in [0.29, 0.717) is 23.8 Å². The number of rotatable bonds is 3. The zero-order chi connectivity index (χ0) is 17.8. The summed E-state index contributed by atoms with van der Waals surface area (Å²) in [6.45, 7) is 1.98. The van der Waals surface area contributed by atoms with Crippen LogP contribution in [0.1, 0.15) is 48.0 Å². The van der Waals surface area contributed by atoms with Crippen molar-refractivity contribution in [2.75, 3.05) is 0 Å². The first-order valence-corrected chi connectivity index (χ1v) is 9.24. The second kappa shape index (κ2) is 5.81. The monoisotopic (exact) mass is 371 g/mol. The third-order valence-electron chi connectivity index (χ3n) is 5.43. The summed E-state index contributed by atoms with van der Waals surface area (Å²) >= 11 is 5.77. The molecule has 0 aliphatic carbocycles. The molecule has 0 spiro atoms. The molecule has 0 unspecified atom stereocenters. The van der Waals surface area contributed by atoms with Crippen molar-refractivity contribution in [2.45, 2.75) is 51.1 Å². The maximum atomic E-state index is 12.9. The summed E-state index contributed by atoms with van der Waals surface area (Å²) in [5.41, 5.74) is 4.16. The molecule has 3 aromatic rings. The van der Waals surface area contributed by atoms with Crippen LogP contribution in [-0.2, 0) is 17.6 Å². The molecule has 26 heavy (non-hydrogen) atoms. The van der Waals surface area contributed by atoms with Gasteiger partial charge in [-0.1, -0.05) is 16.8 Å². The molecule has 7 nitrogen and oxygen atoms in total. The number of hydrogen-bond donors (Lipinski definition) is 0. The molecule has 1 fully saturated rings. The number of halogens is 1. The van der Waals surface area contributed by atoms with Crippen molar-refractivity contribution < 1.29 is 9.32 Å².